The molecule has 1 aromatic rings. The molecule has 0 bridgehead atoms. The number of H-pyrrole nitrogens is 1. The highest BCUT2D eigenvalue weighted by atomic mass is 32.1. The highest BCUT2D eigenvalue weighted by Gasteiger charge is 2.49. The summed E-state index contributed by atoms with van der Waals surface area (Å²) in [5.41, 5.74) is -0.789. The van der Waals surface area contributed by atoms with Gasteiger partial charge < -0.3 is 56.1 Å². The van der Waals surface area contributed by atoms with Crippen LogP contribution in [0.5, 0.6) is 0 Å². The van der Waals surface area contributed by atoms with Crippen LogP contribution in [-0.2, 0) is 32.0 Å². The van der Waals surface area contributed by atoms with Crippen molar-refractivity contribution in [2.75, 3.05) is 13.2 Å². The fourth-order valence-electron chi connectivity index (χ4n) is 3.35. The number of aliphatic hydroxyl groups excluding tert-OH is 6. The van der Waals surface area contributed by atoms with Gasteiger partial charge in [0.2, 0.25) is 0 Å². The summed E-state index contributed by atoms with van der Waals surface area (Å²) in [5, 5.41) is 58.7. The van der Waals surface area contributed by atoms with E-state index in [1.54, 1.807) is 0 Å². The van der Waals surface area contributed by atoms with Crippen molar-refractivity contribution in [3.63, 3.8) is 0 Å². The highest BCUT2D eigenvalue weighted by molar-refractivity contribution is 7.71. The second-order valence-corrected chi connectivity index (χ2v) is 11.1. The number of nitrogens with zero attached hydrogens (tertiary/aromatic N) is 1. The first-order chi connectivity index (χ1) is 16.7. The summed E-state index contributed by atoms with van der Waals surface area (Å²) in [4.78, 5) is 33.9. The Bertz CT molecular complexity index is 1130. The maximum absolute atomic E-state index is 12.2. The van der Waals surface area contributed by atoms with Crippen LogP contribution in [0.3, 0.4) is 0 Å². The molecule has 22 heteroatoms. The van der Waals surface area contributed by atoms with Crippen LogP contribution in [0.2, 0.25) is 0 Å². The van der Waals surface area contributed by atoms with Crippen LogP contribution in [0.4, 0.5) is 0 Å². The van der Waals surface area contributed by atoms with Crippen LogP contribution in [0.25, 0.3) is 0 Å². The van der Waals surface area contributed by atoms with E-state index < -0.39 is 89.8 Å². The molecule has 3 rings (SSSR count). The molecule has 2 aliphatic rings. The number of hydrogen-bond donors (Lipinski definition) is 10. The Balaban J connectivity index is 0.00000481. The Labute approximate surface area is 212 Å². The van der Waals surface area contributed by atoms with Gasteiger partial charge in [0, 0.05) is 6.20 Å². The van der Waals surface area contributed by atoms with Crippen molar-refractivity contribution >= 4 is 27.9 Å². The van der Waals surface area contributed by atoms with Crippen molar-refractivity contribution in [1.82, 2.24) is 15.7 Å². The van der Waals surface area contributed by atoms with Gasteiger partial charge in [0.15, 0.2) is 12.5 Å². The minimum atomic E-state index is -5.57. The standard InChI is InChI=1S/C15H24N2O16P2S.H3N/c18-3-5-8(19)10(21)12(23)14(31-5)32-35(27,28)33-34(25,26)29-4-6-9(20)11(22)13(30-6)17-2-1-7(36)16-15(17)24;/h1-2,5-6,8-14,18-23H,3-4H2,(H,25,26)(H,27,28)(H,16,24,36);1H3/t5-,6-,8-,9-,10+,11-,12-,13-,14-;/m1./s1. The number of hydrogen-bond acceptors (Lipinski definition) is 16. The maximum Gasteiger partial charge on any atom is 0.483 e. The second kappa shape index (κ2) is 12.5. The van der Waals surface area contributed by atoms with Crippen LogP contribution in [-0.4, -0.2) is 112 Å². The number of phosphoric ester groups is 2. The molecule has 0 radical (unpaired) electrons. The number of aromatic nitrogens is 2. The Morgan fingerprint density at radius 3 is 2.19 bits per heavy atom. The van der Waals surface area contributed by atoms with Crippen molar-refractivity contribution < 1.29 is 72.4 Å². The molecule has 0 spiro atoms. The van der Waals surface area contributed by atoms with E-state index in [4.69, 9.17) is 26.8 Å². The largest absolute Gasteiger partial charge is 0.483 e. The van der Waals surface area contributed by atoms with Gasteiger partial charge in [0.05, 0.1) is 13.2 Å². The molecule has 2 aliphatic heterocycles. The number of nitrogens with one attached hydrogen (secondary N) is 1. The average Bonchev–Trinajstić information content (AvgIpc) is 3.06. The zero-order chi connectivity index (χ0) is 27.0. The quantitative estimate of drug-likeness (QED) is 0.0983. The van der Waals surface area contributed by atoms with E-state index >= 15 is 0 Å². The number of phosphoric acid groups is 2. The fraction of sp³-hybridized carbons (Fsp3) is 0.733. The summed E-state index contributed by atoms with van der Waals surface area (Å²) in [7, 11) is -11.0. The predicted octanol–water partition coefficient (Wildman–Crippen LogP) is -3.26. The normalized spacial score (nSPS) is 37.4. The molecule has 3 heterocycles. The van der Waals surface area contributed by atoms with Crippen LogP contribution in [0.1, 0.15) is 6.23 Å². The molecule has 37 heavy (non-hydrogen) atoms. The van der Waals surface area contributed by atoms with E-state index in [2.05, 4.69) is 18.3 Å². The van der Waals surface area contributed by atoms with E-state index in [0.29, 0.717) is 0 Å². The molecule has 2 saturated heterocycles. The summed E-state index contributed by atoms with van der Waals surface area (Å²) >= 11 is 4.79. The summed E-state index contributed by atoms with van der Waals surface area (Å²) in [5.74, 6) is 0. The molecule has 0 saturated carbocycles. The molecular weight excluding hydrogens is 572 g/mol. The van der Waals surface area contributed by atoms with Crippen molar-refractivity contribution in [1.29, 1.82) is 0 Å². The minimum Gasteiger partial charge on any atom is -0.394 e. The van der Waals surface area contributed by atoms with Gasteiger partial charge >= 0.3 is 21.3 Å². The van der Waals surface area contributed by atoms with Crippen LogP contribution in [0.15, 0.2) is 17.1 Å². The lowest BCUT2D eigenvalue weighted by molar-refractivity contribution is -0.280. The molecule has 2 unspecified atom stereocenters. The monoisotopic (exact) mass is 599 g/mol. The molecule has 12 N–H and O–H groups in total. The van der Waals surface area contributed by atoms with Gasteiger partial charge in [-0.15, -0.1) is 0 Å². The van der Waals surface area contributed by atoms with Gasteiger partial charge in [0.1, 0.15) is 47.4 Å². The van der Waals surface area contributed by atoms with E-state index in [1.165, 1.54) is 12.3 Å². The molecule has 0 amide bonds. The lowest BCUT2D eigenvalue weighted by Gasteiger charge is -2.39. The van der Waals surface area contributed by atoms with E-state index in [9.17, 15) is 49.2 Å². The second-order valence-electron chi connectivity index (χ2n) is 7.68. The number of rotatable bonds is 9. The summed E-state index contributed by atoms with van der Waals surface area (Å²) in [6.45, 7) is -1.87. The molecule has 2 fully saturated rings. The number of ether oxygens (including phenoxy) is 2. The van der Waals surface area contributed by atoms with Crippen LogP contribution < -0.4 is 11.8 Å². The third-order valence-electron chi connectivity index (χ3n) is 5.16. The zero-order valence-electron chi connectivity index (χ0n) is 18.6. The summed E-state index contributed by atoms with van der Waals surface area (Å²) in [6.07, 6.45) is -14.8. The zero-order valence-corrected chi connectivity index (χ0v) is 21.2. The third kappa shape index (κ3) is 7.56. The Morgan fingerprint density at radius 1 is 0.973 bits per heavy atom. The molecule has 11 atom stereocenters. The molecular formula is C15H27N3O16P2S. The Morgan fingerprint density at radius 2 is 1.59 bits per heavy atom. The first kappa shape index (κ1) is 32.2. The van der Waals surface area contributed by atoms with Crippen LogP contribution >= 0.6 is 27.9 Å². The lowest BCUT2D eigenvalue weighted by Crippen LogP contribution is -2.58. The van der Waals surface area contributed by atoms with Gasteiger partial charge in [-0.05, 0) is 6.07 Å². The van der Waals surface area contributed by atoms with Crippen LogP contribution in [0, 0.1) is 4.64 Å². The van der Waals surface area contributed by atoms with Gasteiger partial charge in [-0.2, -0.15) is 4.31 Å². The van der Waals surface area contributed by atoms with Crippen molar-refractivity contribution in [2.24, 2.45) is 0 Å². The fourth-order valence-corrected chi connectivity index (χ4v) is 5.66. The molecule has 0 aliphatic carbocycles. The molecule has 0 aromatic carbocycles. The van der Waals surface area contributed by atoms with Crippen molar-refractivity contribution in [3.8, 4) is 0 Å². The number of aliphatic hydroxyl groups is 6. The van der Waals surface area contributed by atoms with Gasteiger partial charge in [-0.1, -0.05) is 12.2 Å². The lowest BCUT2D eigenvalue weighted by atomic mass is 10.00. The smallest absolute Gasteiger partial charge is 0.394 e. The Hall–Kier alpha value is -1.00. The van der Waals surface area contributed by atoms with Gasteiger partial charge in [-0.25, -0.2) is 13.9 Å². The maximum atomic E-state index is 12.2. The Kier molecular flexibility index (Phi) is 10.8. The van der Waals surface area contributed by atoms with E-state index in [1.807, 2.05) is 0 Å². The predicted molar refractivity (Wildman–Crippen MR) is 118 cm³/mol. The SMILES string of the molecule is N.O=c1[nH]c(=S)ccn1[C@@H]1O[C@H](COP(=O)(O)OP(=O)(O)O[C@H]2O[C@H](CO)[C@@H](O)[C@H](O)[C@H]2O)[C@@H](O)[C@H]1O. The van der Waals surface area contributed by atoms with Gasteiger partial charge in [-0.3, -0.25) is 18.6 Å². The first-order valence-electron chi connectivity index (χ1n) is 9.99. The summed E-state index contributed by atoms with van der Waals surface area (Å²) < 4.78 is 48.5. The van der Waals surface area contributed by atoms with E-state index in [0.717, 1.165) is 4.57 Å². The minimum absolute atomic E-state index is 0. The summed E-state index contributed by atoms with van der Waals surface area (Å²) in [6, 6.07) is 1.30. The highest BCUT2D eigenvalue weighted by Crippen LogP contribution is 2.61. The van der Waals surface area contributed by atoms with Crippen molar-refractivity contribution in [2.45, 2.75) is 55.2 Å². The number of aromatic amines is 1. The van der Waals surface area contributed by atoms with Crippen molar-refractivity contribution in [3.05, 3.63) is 27.4 Å². The van der Waals surface area contributed by atoms with E-state index in [-0.39, 0.29) is 10.8 Å². The molecule has 214 valence electrons. The first-order valence-corrected chi connectivity index (χ1v) is 13.4. The molecule has 19 nitrogen and oxygen atoms in total. The molecule has 1 aromatic heterocycles. The third-order valence-corrected chi connectivity index (χ3v) is 7.99. The average molecular weight is 599 g/mol. The topological polar surface area (TPSA) is 315 Å². The van der Waals surface area contributed by atoms with Gasteiger partial charge in [0.25, 0.3) is 0 Å².